The minimum absolute atomic E-state index is 0.00522. The highest BCUT2D eigenvalue weighted by molar-refractivity contribution is 6.12. The van der Waals surface area contributed by atoms with Crippen molar-refractivity contribution in [3.05, 3.63) is 12.2 Å². The van der Waals surface area contributed by atoms with Crippen molar-refractivity contribution in [1.29, 1.82) is 0 Å². The fraction of sp³-hybridized carbons (Fsp3) is 0.652. The molecule has 0 saturated heterocycles. The second kappa shape index (κ2) is 13.5. The predicted octanol–water partition coefficient (Wildman–Crippen LogP) is 1.37. The van der Waals surface area contributed by atoms with E-state index in [2.05, 4.69) is 10.6 Å². The molecule has 10 nitrogen and oxygen atoms in total. The smallest absolute Gasteiger partial charge is 0.312 e. The number of primary amides is 1. The van der Waals surface area contributed by atoms with Crippen LogP contribution in [0.4, 0.5) is 4.79 Å². The quantitative estimate of drug-likeness (QED) is 0.245. The summed E-state index contributed by atoms with van der Waals surface area (Å²) in [4.78, 5) is 72.0. The second-order valence-corrected chi connectivity index (χ2v) is 9.18. The molecule has 1 rings (SSSR count). The third-order valence-corrected chi connectivity index (χ3v) is 5.23. The molecule has 10 heteroatoms. The van der Waals surface area contributed by atoms with Crippen molar-refractivity contribution >= 4 is 35.3 Å². The first-order valence-corrected chi connectivity index (χ1v) is 11.3. The topological polar surface area (TPSA) is 156 Å². The van der Waals surface area contributed by atoms with Crippen LogP contribution < -0.4 is 16.4 Å². The monoisotopic (exact) mass is 464 g/mol. The highest BCUT2D eigenvalue weighted by atomic mass is 16.2. The van der Waals surface area contributed by atoms with Gasteiger partial charge in [-0.3, -0.25) is 28.9 Å². The van der Waals surface area contributed by atoms with E-state index in [-0.39, 0.29) is 42.1 Å². The summed E-state index contributed by atoms with van der Waals surface area (Å²) in [5.74, 6) is -1.16. The highest BCUT2D eigenvalue weighted by Crippen LogP contribution is 2.19. The van der Waals surface area contributed by atoms with E-state index in [1.54, 1.807) is 20.8 Å². The number of rotatable bonds is 15. The van der Waals surface area contributed by atoms with Gasteiger partial charge in [-0.1, -0.05) is 27.2 Å². The number of hydrogen-bond acceptors (Lipinski definition) is 6. The lowest BCUT2D eigenvalue weighted by Gasteiger charge is -2.25. The summed E-state index contributed by atoms with van der Waals surface area (Å²) in [6.07, 6.45) is 5.63. The number of nitrogens with zero attached hydrogens (tertiary/aromatic N) is 1. The lowest BCUT2D eigenvalue weighted by molar-refractivity contribution is -0.137. The van der Waals surface area contributed by atoms with Gasteiger partial charge in [0, 0.05) is 49.9 Å². The number of carbonyl (C=O) groups is 6. The summed E-state index contributed by atoms with van der Waals surface area (Å²) in [7, 11) is 0. The van der Waals surface area contributed by atoms with E-state index >= 15 is 0 Å². The van der Waals surface area contributed by atoms with Gasteiger partial charge in [-0.2, -0.15) is 0 Å². The van der Waals surface area contributed by atoms with Crippen molar-refractivity contribution in [2.75, 3.05) is 13.1 Å². The van der Waals surface area contributed by atoms with Gasteiger partial charge in [0.15, 0.2) is 5.78 Å². The van der Waals surface area contributed by atoms with Gasteiger partial charge < -0.3 is 16.4 Å². The van der Waals surface area contributed by atoms with Crippen LogP contribution >= 0.6 is 0 Å². The number of amides is 5. The van der Waals surface area contributed by atoms with Crippen LogP contribution in [-0.2, 0) is 24.0 Å². The van der Waals surface area contributed by atoms with Gasteiger partial charge >= 0.3 is 6.03 Å². The first-order valence-electron chi connectivity index (χ1n) is 11.3. The maximum Gasteiger partial charge on any atom is 0.312 e. The molecule has 0 aliphatic carbocycles. The number of urea groups is 1. The molecule has 0 bridgehead atoms. The molecule has 1 heterocycles. The Balaban J connectivity index is 2.32. The lowest BCUT2D eigenvalue weighted by atomic mass is 9.85. The van der Waals surface area contributed by atoms with Crippen LogP contribution in [0.1, 0.15) is 72.1 Å². The zero-order valence-electron chi connectivity index (χ0n) is 19.8. The molecule has 1 unspecified atom stereocenters. The Labute approximate surface area is 194 Å². The number of unbranched alkanes of at least 4 members (excludes halogenated alkanes) is 2. The number of Topliss-reactive ketones (excluding diaryl/α,β-unsaturated/α-hetero) is 2. The SMILES string of the molecule is CC(C)(C)C(=O)C(CCCNC(N)=O)NC(=O)CCC(=O)CCCCCN1C(=O)C=CC1=O. The van der Waals surface area contributed by atoms with E-state index in [9.17, 15) is 28.8 Å². The second-order valence-electron chi connectivity index (χ2n) is 9.18. The van der Waals surface area contributed by atoms with E-state index in [1.807, 2.05) is 0 Å². The van der Waals surface area contributed by atoms with Crippen LogP contribution in [0.25, 0.3) is 0 Å². The van der Waals surface area contributed by atoms with Crippen molar-refractivity contribution in [3.8, 4) is 0 Å². The molecule has 4 N–H and O–H groups in total. The Morgan fingerprint density at radius 2 is 1.58 bits per heavy atom. The van der Waals surface area contributed by atoms with Gasteiger partial charge in [0.25, 0.3) is 11.8 Å². The summed E-state index contributed by atoms with van der Waals surface area (Å²) >= 11 is 0. The van der Waals surface area contributed by atoms with Gasteiger partial charge in [0.05, 0.1) is 6.04 Å². The van der Waals surface area contributed by atoms with E-state index in [4.69, 9.17) is 5.73 Å². The third-order valence-electron chi connectivity index (χ3n) is 5.23. The molecule has 0 aromatic carbocycles. The van der Waals surface area contributed by atoms with Crippen molar-refractivity contribution in [2.45, 2.75) is 78.2 Å². The predicted molar refractivity (Wildman–Crippen MR) is 122 cm³/mol. The van der Waals surface area contributed by atoms with E-state index in [0.29, 0.717) is 51.6 Å². The maximum atomic E-state index is 12.7. The minimum Gasteiger partial charge on any atom is -0.352 e. The average molecular weight is 465 g/mol. The molecular formula is C23H36N4O6. The van der Waals surface area contributed by atoms with Gasteiger partial charge in [0.2, 0.25) is 5.91 Å². The Kier molecular flexibility index (Phi) is 11.4. The van der Waals surface area contributed by atoms with Crippen molar-refractivity contribution in [3.63, 3.8) is 0 Å². The molecule has 0 aromatic rings. The number of carbonyl (C=O) groups excluding carboxylic acids is 6. The summed E-state index contributed by atoms with van der Waals surface area (Å²) in [5, 5.41) is 5.17. The van der Waals surface area contributed by atoms with Crippen LogP contribution in [0.3, 0.4) is 0 Å². The standard InChI is InChI=1S/C23H36N4O6/c1-23(2,3)21(32)17(9-7-14-25-22(24)33)26-18(29)11-10-16(28)8-5-4-6-15-27-19(30)12-13-20(27)31/h12-13,17H,4-11,14-15H2,1-3H3,(H,26,29)(H3,24,25,33). The molecule has 1 aliphatic rings. The number of imide groups is 1. The first kappa shape index (κ1) is 28.0. The fourth-order valence-electron chi connectivity index (χ4n) is 3.37. The number of ketones is 2. The average Bonchev–Trinajstić information content (AvgIpc) is 3.04. The molecule has 0 fully saturated rings. The Bertz CT molecular complexity index is 766. The van der Waals surface area contributed by atoms with Crippen molar-refractivity contribution in [1.82, 2.24) is 15.5 Å². The van der Waals surface area contributed by atoms with Crippen LogP contribution in [0.2, 0.25) is 0 Å². The van der Waals surface area contributed by atoms with Gasteiger partial charge in [-0.15, -0.1) is 0 Å². The van der Waals surface area contributed by atoms with Crippen molar-refractivity contribution < 1.29 is 28.8 Å². The summed E-state index contributed by atoms with van der Waals surface area (Å²) in [6, 6.07) is -1.35. The Morgan fingerprint density at radius 1 is 0.939 bits per heavy atom. The van der Waals surface area contributed by atoms with Gasteiger partial charge in [-0.25, -0.2) is 4.79 Å². The lowest BCUT2D eigenvalue weighted by Crippen LogP contribution is -2.46. The van der Waals surface area contributed by atoms with Crippen LogP contribution in [0.15, 0.2) is 12.2 Å². The third kappa shape index (κ3) is 10.9. The fourth-order valence-corrected chi connectivity index (χ4v) is 3.37. The molecule has 0 aromatic heterocycles. The number of nitrogens with two attached hydrogens (primary N) is 1. The van der Waals surface area contributed by atoms with Crippen LogP contribution in [-0.4, -0.2) is 59.4 Å². The molecule has 5 amide bonds. The van der Waals surface area contributed by atoms with Gasteiger partial charge in [0.1, 0.15) is 5.78 Å². The molecule has 184 valence electrons. The molecule has 0 radical (unpaired) electrons. The summed E-state index contributed by atoms with van der Waals surface area (Å²) in [5.41, 5.74) is 4.38. The molecule has 0 spiro atoms. The zero-order chi connectivity index (χ0) is 25.0. The zero-order valence-corrected chi connectivity index (χ0v) is 19.8. The maximum absolute atomic E-state index is 12.7. The molecule has 33 heavy (non-hydrogen) atoms. The van der Waals surface area contributed by atoms with Gasteiger partial charge in [-0.05, 0) is 25.7 Å². The van der Waals surface area contributed by atoms with E-state index in [1.165, 1.54) is 17.1 Å². The first-order chi connectivity index (χ1) is 15.4. The van der Waals surface area contributed by atoms with E-state index < -0.39 is 17.5 Å². The molecule has 1 aliphatic heterocycles. The molecular weight excluding hydrogens is 428 g/mol. The normalized spacial score (nSPS) is 14.3. The van der Waals surface area contributed by atoms with E-state index in [0.717, 1.165) is 0 Å². The highest BCUT2D eigenvalue weighted by Gasteiger charge is 2.30. The van der Waals surface area contributed by atoms with Crippen LogP contribution in [0, 0.1) is 5.41 Å². The minimum atomic E-state index is -0.701. The number of hydrogen-bond donors (Lipinski definition) is 3. The largest absolute Gasteiger partial charge is 0.352 e. The molecule has 1 atom stereocenters. The van der Waals surface area contributed by atoms with Crippen LogP contribution in [0.5, 0.6) is 0 Å². The Hall–Kier alpha value is -3.04. The molecule has 0 saturated carbocycles. The summed E-state index contributed by atoms with van der Waals surface area (Å²) < 4.78 is 0. The number of nitrogens with one attached hydrogen (secondary N) is 2. The Morgan fingerprint density at radius 3 is 2.15 bits per heavy atom. The van der Waals surface area contributed by atoms with Crippen molar-refractivity contribution in [2.24, 2.45) is 11.1 Å². The summed E-state index contributed by atoms with van der Waals surface area (Å²) in [6.45, 7) is 5.94.